The molecule has 3 rings (SSSR count). The Morgan fingerprint density at radius 2 is 1.69 bits per heavy atom. The Morgan fingerprint density at radius 1 is 1.03 bits per heavy atom. The summed E-state index contributed by atoms with van der Waals surface area (Å²) in [5.74, 6) is 1.08. The second kappa shape index (κ2) is 12.1. The van der Waals surface area contributed by atoms with E-state index in [0.717, 1.165) is 51.6 Å². The Hall–Kier alpha value is -0.850. The molecule has 1 aliphatic heterocycles. The summed E-state index contributed by atoms with van der Waals surface area (Å²) >= 11 is 0. The van der Waals surface area contributed by atoms with E-state index in [1.54, 1.807) is 7.11 Å². The molecule has 1 saturated heterocycles. The van der Waals surface area contributed by atoms with Crippen LogP contribution in [0.15, 0.2) is 0 Å². The molecule has 3 fully saturated rings. The maximum Gasteiger partial charge on any atom is 0.223 e. The first-order chi connectivity index (χ1) is 13.6. The van der Waals surface area contributed by atoms with E-state index < -0.39 is 0 Å². The van der Waals surface area contributed by atoms with Gasteiger partial charge < -0.3 is 20.7 Å². The second-order valence-electron chi connectivity index (χ2n) is 9.37. The predicted octanol–water partition coefficient (Wildman–Crippen LogP) is 2.80. The summed E-state index contributed by atoms with van der Waals surface area (Å²) in [7, 11) is 1.74. The maximum atomic E-state index is 12.7. The fraction of sp³-hybridized carbons (Fsp3) is 0.909. The molecule has 1 heterocycles. The topological polar surface area (TPSA) is 79.5 Å². The monoisotopic (exact) mass is 429 g/mol. The Labute approximate surface area is 182 Å². The largest absolute Gasteiger partial charge is 0.384 e. The summed E-state index contributed by atoms with van der Waals surface area (Å²) in [5.41, 5.74) is 0.0705. The van der Waals surface area contributed by atoms with Crippen LogP contribution < -0.4 is 16.0 Å². The van der Waals surface area contributed by atoms with Crippen molar-refractivity contribution in [3.05, 3.63) is 0 Å². The molecule has 3 N–H and O–H groups in total. The van der Waals surface area contributed by atoms with Gasteiger partial charge in [0.05, 0.1) is 6.61 Å². The zero-order valence-corrected chi connectivity index (χ0v) is 18.8. The van der Waals surface area contributed by atoms with Gasteiger partial charge in [-0.2, -0.15) is 0 Å². The normalized spacial score (nSPS) is 27.1. The Bertz CT molecular complexity index is 506. The molecule has 168 valence electrons. The van der Waals surface area contributed by atoms with Gasteiger partial charge in [0.2, 0.25) is 11.8 Å². The van der Waals surface area contributed by atoms with E-state index in [0.29, 0.717) is 25.5 Å². The molecule has 0 aromatic carbocycles. The van der Waals surface area contributed by atoms with E-state index in [1.807, 2.05) is 0 Å². The quantitative estimate of drug-likeness (QED) is 0.554. The molecule has 0 spiro atoms. The van der Waals surface area contributed by atoms with Crippen LogP contribution >= 0.6 is 12.4 Å². The lowest BCUT2D eigenvalue weighted by molar-refractivity contribution is -0.127. The van der Waals surface area contributed by atoms with Gasteiger partial charge in [-0.05, 0) is 70.4 Å². The minimum atomic E-state index is 0. The number of nitrogens with one attached hydrogen (secondary N) is 3. The summed E-state index contributed by atoms with van der Waals surface area (Å²) in [6.07, 6.45) is 11.3. The molecule has 0 atom stereocenters. The summed E-state index contributed by atoms with van der Waals surface area (Å²) in [6.45, 7) is 3.39. The third-order valence-corrected chi connectivity index (χ3v) is 7.16. The van der Waals surface area contributed by atoms with E-state index in [2.05, 4.69) is 16.0 Å². The zero-order chi connectivity index (χ0) is 19.8. The van der Waals surface area contributed by atoms with Crippen LogP contribution in [-0.4, -0.2) is 51.2 Å². The lowest BCUT2D eigenvalue weighted by atomic mass is 9.79. The molecule has 29 heavy (non-hydrogen) atoms. The third-order valence-electron chi connectivity index (χ3n) is 7.16. The average molecular weight is 430 g/mol. The first kappa shape index (κ1) is 24.4. The molecule has 2 amide bonds. The molecular formula is C22H40ClN3O3. The number of piperidine rings is 1. The van der Waals surface area contributed by atoms with Crippen LogP contribution in [0.1, 0.15) is 70.6 Å². The minimum Gasteiger partial charge on any atom is -0.384 e. The Balaban J connectivity index is 0.00000300. The number of rotatable bonds is 8. The molecule has 2 saturated carbocycles. The van der Waals surface area contributed by atoms with Gasteiger partial charge in [-0.25, -0.2) is 0 Å². The molecule has 3 aliphatic rings. The van der Waals surface area contributed by atoms with E-state index in [-0.39, 0.29) is 41.6 Å². The van der Waals surface area contributed by atoms with Crippen LogP contribution in [0.2, 0.25) is 0 Å². The predicted molar refractivity (Wildman–Crippen MR) is 117 cm³/mol. The van der Waals surface area contributed by atoms with Crippen molar-refractivity contribution in [2.45, 2.75) is 76.7 Å². The van der Waals surface area contributed by atoms with Crippen molar-refractivity contribution in [2.24, 2.45) is 17.3 Å². The number of ether oxygens (including phenoxy) is 1. The lowest BCUT2D eigenvalue weighted by Crippen LogP contribution is -2.48. The standard InChI is InChI=1S/C22H39N3O3.ClH/c1-28-16-22(10-12-23-13-11-22)15-24-21(27)18-6-8-19(9-7-18)25-20(26)14-17-4-2-3-5-17;/h17-19,23H,2-16H2,1H3,(H,24,27)(H,25,26);1H. The summed E-state index contributed by atoms with van der Waals surface area (Å²) in [5, 5.41) is 9.82. The SMILES string of the molecule is COCC1(CNC(=O)C2CCC(NC(=O)CC3CCCC3)CC2)CCNCC1.Cl. The number of amides is 2. The van der Waals surface area contributed by atoms with E-state index in [1.165, 1.54) is 25.7 Å². The summed E-state index contributed by atoms with van der Waals surface area (Å²) < 4.78 is 5.44. The van der Waals surface area contributed by atoms with Gasteiger partial charge in [0, 0.05) is 37.5 Å². The molecular weight excluding hydrogens is 390 g/mol. The summed E-state index contributed by atoms with van der Waals surface area (Å²) in [4.78, 5) is 24.9. The molecule has 0 bridgehead atoms. The van der Waals surface area contributed by atoms with Crippen molar-refractivity contribution >= 4 is 24.2 Å². The number of hydrogen-bond acceptors (Lipinski definition) is 4. The fourth-order valence-electron chi connectivity index (χ4n) is 5.32. The first-order valence-electron chi connectivity index (χ1n) is 11.4. The van der Waals surface area contributed by atoms with Gasteiger partial charge in [-0.3, -0.25) is 9.59 Å². The summed E-state index contributed by atoms with van der Waals surface area (Å²) in [6, 6.07) is 0.252. The second-order valence-corrected chi connectivity index (χ2v) is 9.37. The van der Waals surface area contributed by atoms with Gasteiger partial charge in [0.15, 0.2) is 0 Å². The fourth-order valence-corrected chi connectivity index (χ4v) is 5.32. The zero-order valence-electron chi connectivity index (χ0n) is 18.0. The molecule has 0 aromatic rings. The van der Waals surface area contributed by atoms with Crippen LogP contribution in [0.25, 0.3) is 0 Å². The number of methoxy groups -OCH3 is 1. The van der Waals surface area contributed by atoms with Gasteiger partial charge in [0.25, 0.3) is 0 Å². The highest BCUT2D eigenvalue weighted by Gasteiger charge is 2.34. The van der Waals surface area contributed by atoms with Crippen molar-refractivity contribution in [1.82, 2.24) is 16.0 Å². The average Bonchev–Trinajstić information content (AvgIpc) is 3.20. The Morgan fingerprint density at radius 3 is 2.31 bits per heavy atom. The van der Waals surface area contributed by atoms with Crippen LogP contribution in [0.5, 0.6) is 0 Å². The van der Waals surface area contributed by atoms with Gasteiger partial charge >= 0.3 is 0 Å². The van der Waals surface area contributed by atoms with Crippen LogP contribution in [0, 0.1) is 17.3 Å². The van der Waals surface area contributed by atoms with Crippen molar-refractivity contribution in [2.75, 3.05) is 33.4 Å². The number of carbonyl (C=O) groups is 2. The van der Waals surface area contributed by atoms with Crippen LogP contribution in [-0.2, 0) is 14.3 Å². The third kappa shape index (κ3) is 7.41. The van der Waals surface area contributed by atoms with E-state index in [9.17, 15) is 9.59 Å². The van der Waals surface area contributed by atoms with E-state index >= 15 is 0 Å². The molecule has 0 aromatic heterocycles. The number of hydrogen-bond donors (Lipinski definition) is 3. The highest BCUT2D eigenvalue weighted by atomic mass is 35.5. The van der Waals surface area contributed by atoms with Crippen LogP contribution in [0.4, 0.5) is 0 Å². The maximum absolute atomic E-state index is 12.7. The highest BCUT2D eigenvalue weighted by Crippen LogP contribution is 2.30. The van der Waals surface area contributed by atoms with Crippen LogP contribution in [0.3, 0.4) is 0 Å². The number of carbonyl (C=O) groups excluding carboxylic acids is 2. The highest BCUT2D eigenvalue weighted by molar-refractivity contribution is 5.85. The van der Waals surface area contributed by atoms with E-state index in [4.69, 9.17) is 4.74 Å². The van der Waals surface area contributed by atoms with Gasteiger partial charge in [-0.1, -0.05) is 12.8 Å². The molecule has 0 radical (unpaired) electrons. The van der Waals surface area contributed by atoms with Gasteiger partial charge in [-0.15, -0.1) is 12.4 Å². The van der Waals surface area contributed by atoms with Gasteiger partial charge in [0.1, 0.15) is 0 Å². The lowest BCUT2D eigenvalue weighted by Gasteiger charge is -2.38. The van der Waals surface area contributed by atoms with Crippen molar-refractivity contribution < 1.29 is 14.3 Å². The molecule has 2 aliphatic carbocycles. The smallest absolute Gasteiger partial charge is 0.223 e. The number of halogens is 1. The first-order valence-corrected chi connectivity index (χ1v) is 11.4. The Kier molecular flexibility index (Phi) is 10.2. The minimum absolute atomic E-state index is 0. The molecule has 7 heteroatoms. The molecule has 6 nitrogen and oxygen atoms in total. The van der Waals surface area contributed by atoms with Crippen molar-refractivity contribution in [3.8, 4) is 0 Å². The van der Waals surface area contributed by atoms with Crippen molar-refractivity contribution in [3.63, 3.8) is 0 Å². The molecule has 0 unspecified atom stereocenters. The van der Waals surface area contributed by atoms with Crippen molar-refractivity contribution in [1.29, 1.82) is 0 Å².